The lowest BCUT2D eigenvalue weighted by Crippen LogP contribution is -2.39. The van der Waals surface area contributed by atoms with Crippen LogP contribution in [0.1, 0.15) is 12.8 Å². The molecule has 0 aliphatic carbocycles. The lowest BCUT2D eigenvalue weighted by Gasteiger charge is -2.22. The summed E-state index contributed by atoms with van der Waals surface area (Å²) in [5.41, 5.74) is 0. The molecule has 1 saturated heterocycles. The topological polar surface area (TPSA) is 84.1 Å². The number of hydrogen-bond acceptors (Lipinski definition) is 6. The molecule has 8 heteroatoms. The van der Waals surface area contributed by atoms with E-state index in [1.54, 1.807) is 4.90 Å². The summed E-state index contributed by atoms with van der Waals surface area (Å²) in [6.45, 7) is 0.766. The molecule has 0 spiro atoms. The highest BCUT2D eigenvalue weighted by molar-refractivity contribution is 7.13. The Morgan fingerprint density at radius 1 is 1.55 bits per heavy atom. The highest BCUT2D eigenvalue weighted by atomic mass is 32.1. The van der Waals surface area contributed by atoms with E-state index in [1.165, 1.54) is 16.1 Å². The molecule has 3 heterocycles. The van der Waals surface area contributed by atoms with Crippen molar-refractivity contribution in [2.24, 2.45) is 0 Å². The summed E-state index contributed by atoms with van der Waals surface area (Å²) < 4.78 is 0. The maximum absolute atomic E-state index is 12.2. The Bertz CT molecular complexity index is 582. The molecular weight excluding hydrogens is 278 g/mol. The van der Waals surface area contributed by atoms with Gasteiger partial charge in [-0.2, -0.15) is 4.80 Å². The van der Waals surface area contributed by atoms with Crippen molar-refractivity contribution in [1.29, 1.82) is 0 Å². The molecule has 1 N–H and O–H groups in total. The van der Waals surface area contributed by atoms with Gasteiger partial charge in [0, 0.05) is 6.54 Å². The van der Waals surface area contributed by atoms with Gasteiger partial charge in [-0.25, -0.2) is 0 Å². The minimum absolute atomic E-state index is 0.0109. The van der Waals surface area contributed by atoms with Gasteiger partial charge in [0.05, 0.1) is 17.5 Å². The van der Waals surface area contributed by atoms with E-state index in [0.717, 1.165) is 17.7 Å². The molecule has 2 aromatic rings. The smallest absolute Gasteiger partial charge is 0.246 e. The van der Waals surface area contributed by atoms with Crippen molar-refractivity contribution in [3.63, 3.8) is 0 Å². The van der Waals surface area contributed by atoms with Gasteiger partial charge in [-0.05, 0) is 29.5 Å². The Balaban J connectivity index is 1.67. The van der Waals surface area contributed by atoms with Crippen LogP contribution in [0.2, 0.25) is 0 Å². The second kappa shape index (κ2) is 5.68. The standard InChI is InChI=1S/C12H15N5O2S/c18-8-9-3-1-5-16(9)11(19)7-17-14-12(13-15-17)10-4-2-6-20-10/h2,4,6,9,18H,1,3,5,7-8H2/t9-/m0/s1. The van der Waals surface area contributed by atoms with Crippen LogP contribution in [0, 0.1) is 0 Å². The number of carbonyl (C=O) groups excluding carboxylic acids is 1. The van der Waals surface area contributed by atoms with Crippen LogP contribution >= 0.6 is 11.3 Å². The van der Waals surface area contributed by atoms with Crippen molar-refractivity contribution in [2.45, 2.75) is 25.4 Å². The fourth-order valence-electron chi connectivity index (χ4n) is 2.38. The van der Waals surface area contributed by atoms with Gasteiger partial charge in [-0.3, -0.25) is 4.79 Å². The summed E-state index contributed by atoms with van der Waals surface area (Å²) in [6, 6.07) is 3.76. The summed E-state index contributed by atoms with van der Waals surface area (Å²) in [4.78, 5) is 16.1. The first-order chi connectivity index (χ1) is 9.78. The average Bonchev–Trinajstić information content (AvgIpc) is 3.19. The predicted molar refractivity (Wildman–Crippen MR) is 73.0 cm³/mol. The number of nitrogens with zero attached hydrogens (tertiary/aromatic N) is 5. The normalized spacial score (nSPS) is 18.6. The lowest BCUT2D eigenvalue weighted by atomic mass is 10.2. The molecule has 0 radical (unpaired) electrons. The maximum Gasteiger partial charge on any atom is 0.246 e. The number of likely N-dealkylation sites (tertiary alicyclic amines) is 1. The number of carbonyl (C=O) groups is 1. The fourth-order valence-corrected chi connectivity index (χ4v) is 3.03. The van der Waals surface area contributed by atoms with Crippen molar-refractivity contribution < 1.29 is 9.90 Å². The summed E-state index contributed by atoms with van der Waals surface area (Å²) in [5.74, 6) is 0.463. The Labute approximate surface area is 119 Å². The number of aliphatic hydroxyl groups is 1. The van der Waals surface area contributed by atoms with Gasteiger partial charge >= 0.3 is 0 Å². The van der Waals surface area contributed by atoms with Gasteiger partial charge < -0.3 is 10.0 Å². The van der Waals surface area contributed by atoms with Crippen LogP contribution in [0.25, 0.3) is 10.7 Å². The largest absolute Gasteiger partial charge is 0.394 e. The van der Waals surface area contributed by atoms with E-state index in [1.807, 2.05) is 17.5 Å². The summed E-state index contributed by atoms with van der Waals surface area (Å²) in [5, 5.41) is 23.2. The second-order valence-corrected chi connectivity index (χ2v) is 5.63. The molecule has 1 fully saturated rings. The molecule has 106 valence electrons. The van der Waals surface area contributed by atoms with Crippen LogP contribution < -0.4 is 0 Å². The minimum atomic E-state index is -0.0725. The second-order valence-electron chi connectivity index (χ2n) is 4.69. The van der Waals surface area contributed by atoms with Gasteiger partial charge in [0.1, 0.15) is 6.54 Å². The maximum atomic E-state index is 12.2. The van der Waals surface area contributed by atoms with Crippen molar-refractivity contribution in [3.05, 3.63) is 17.5 Å². The summed E-state index contributed by atoms with van der Waals surface area (Å²) in [6.07, 6.45) is 1.79. The zero-order valence-electron chi connectivity index (χ0n) is 10.8. The number of tetrazole rings is 1. The van der Waals surface area contributed by atoms with Gasteiger partial charge in [-0.1, -0.05) is 6.07 Å². The quantitative estimate of drug-likeness (QED) is 0.881. The monoisotopic (exact) mass is 293 g/mol. The van der Waals surface area contributed by atoms with Gasteiger partial charge in [-0.15, -0.1) is 21.5 Å². The molecule has 2 aromatic heterocycles. The highest BCUT2D eigenvalue weighted by Crippen LogP contribution is 2.20. The molecule has 3 rings (SSSR count). The first-order valence-electron chi connectivity index (χ1n) is 6.50. The van der Waals surface area contributed by atoms with Crippen molar-refractivity contribution in [1.82, 2.24) is 25.1 Å². The molecule has 0 aromatic carbocycles. The van der Waals surface area contributed by atoms with Crippen LogP contribution in [-0.2, 0) is 11.3 Å². The van der Waals surface area contributed by atoms with Crippen LogP contribution in [0.4, 0.5) is 0 Å². The van der Waals surface area contributed by atoms with Gasteiger partial charge in [0.15, 0.2) is 0 Å². The van der Waals surface area contributed by atoms with E-state index in [9.17, 15) is 9.90 Å². The number of hydrogen-bond donors (Lipinski definition) is 1. The Morgan fingerprint density at radius 3 is 3.20 bits per heavy atom. The number of aliphatic hydroxyl groups excluding tert-OH is 1. The molecule has 1 aliphatic rings. The fraction of sp³-hybridized carbons (Fsp3) is 0.500. The lowest BCUT2D eigenvalue weighted by molar-refractivity contribution is -0.133. The molecule has 7 nitrogen and oxygen atoms in total. The highest BCUT2D eigenvalue weighted by Gasteiger charge is 2.28. The minimum Gasteiger partial charge on any atom is -0.394 e. The predicted octanol–water partition coefficient (Wildman–Crippen LogP) is 0.385. The summed E-state index contributed by atoms with van der Waals surface area (Å²) in [7, 11) is 0. The molecule has 0 saturated carbocycles. The summed E-state index contributed by atoms with van der Waals surface area (Å²) >= 11 is 1.53. The molecule has 1 amide bonds. The van der Waals surface area contributed by atoms with Crippen molar-refractivity contribution >= 4 is 17.2 Å². The third-order valence-electron chi connectivity index (χ3n) is 3.38. The zero-order valence-corrected chi connectivity index (χ0v) is 11.7. The molecule has 0 bridgehead atoms. The van der Waals surface area contributed by atoms with Crippen LogP contribution in [0.15, 0.2) is 17.5 Å². The van der Waals surface area contributed by atoms with E-state index < -0.39 is 0 Å². The first-order valence-corrected chi connectivity index (χ1v) is 7.38. The van der Waals surface area contributed by atoms with Crippen molar-refractivity contribution in [2.75, 3.05) is 13.2 Å². The van der Waals surface area contributed by atoms with Crippen LogP contribution in [-0.4, -0.2) is 55.3 Å². The number of aromatic nitrogens is 4. The third kappa shape index (κ3) is 2.56. The van der Waals surface area contributed by atoms with Crippen LogP contribution in [0.3, 0.4) is 0 Å². The van der Waals surface area contributed by atoms with E-state index in [4.69, 9.17) is 0 Å². The van der Waals surface area contributed by atoms with E-state index in [-0.39, 0.29) is 25.1 Å². The molecular formula is C12H15N5O2S. The number of rotatable bonds is 4. The Morgan fingerprint density at radius 2 is 2.45 bits per heavy atom. The number of thiophene rings is 1. The van der Waals surface area contributed by atoms with E-state index in [2.05, 4.69) is 15.4 Å². The molecule has 1 atom stereocenters. The SMILES string of the molecule is O=C(Cn1nnc(-c2cccs2)n1)N1CCC[C@H]1CO. The van der Waals surface area contributed by atoms with Crippen molar-refractivity contribution in [3.8, 4) is 10.7 Å². The first kappa shape index (κ1) is 13.2. The molecule has 1 aliphatic heterocycles. The Kier molecular flexibility index (Phi) is 3.75. The van der Waals surface area contributed by atoms with E-state index >= 15 is 0 Å². The van der Waals surface area contributed by atoms with Crippen LogP contribution in [0.5, 0.6) is 0 Å². The molecule has 20 heavy (non-hydrogen) atoms. The average molecular weight is 293 g/mol. The zero-order chi connectivity index (χ0) is 13.9. The Hall–Kier alpha value is -1.80. The van der Waals surface area contributed by atoms with Gasteiger partial charge in [0.25, 0.3) is 0 Å². The molecule has 0 unspecified atom stereocenters. The van der Waals surface area contributed by atoms with E-state index in [0.29, 0.717) is 12.4 Å². The third-order valence-corrected chi connectivity index (χ3v) is 4.25. The number of amides is 1. The van der Waals surface area contributed by atoms with Gasteiger partial charge in [0.2, 0.25) is 11.7 Å².